The molecular weight excluding hydrogens is 334 g/mol. The van der Waals surface area contributed by atoms with Crippen molar-refractivity contribution in [2.45, 2.75) is 12.5 Å². The Bertz CT molecular complexity index is 690. The first kappa shape index (κ1) is 14.2. The van der Waals surface area contributed by atoms with E-state index in [1.807, 2.05) is 23.6 Å². The standard InChI is InChI=1S/C12H11NO3S4/c14-11-10(6-9-2-1-4-18-9)19-12(17)13(11)8-3-5-20(15,16)7-8/h1-2,4,6,8H,3,5,7H2/b10-6-/t8-/m0/s1. The molecule has 4 nitrogen and oxygen atoms in total. The monoisotopic (exact) mass is 345 g/mol. The topological polar surface area (TPSA) is 54.5 Å². The fraction of sp³-hybridized carbons (Fsp3) is 0.333. The number of carbonyl (C=O) groups is 1. The molecule has 0 aliphatic carbocycles. The van der Waals surface area contributed by atoms with E-state index in [0.29, 0.717) is 15.6 Å². The van der Waals surface area contributed by atoms with Crippen molar-refractivity contribution in [3.63, 3.8) is 0 Å². The normalized spacial score (nSPS) is 27.7. The van der Waals surface area contributed by atoms with Crippen molar-refractivity contribution in [3.8, 4) is 0 Å². The SMILES string of the molecule is O=C1/C(=C/c2cccs2)SC(=S)N1[C@H]1CCS(=O)(=O)C1. The van der Waals surface area contributed by atoms with Crippen molar-refractivity contribution in [2.75, 3.05) is 11.5 Å². The van der Waals surface area contributed by atoms with Crippen LogP contribution >= 0.6 is 35.3 Å². The number of hydrogen-bond acceptors (Lipinski definition) is 6. The lowest BCUT2D eigenvalue weighted by atomic mass is 10.2. The Morgan fingerprint density at radius 3 is 2.85 bits per heavy atom. The molecule has 0 bridgehead atoms. The largest absolute Gasteiger partial charge is 0.289 e. The van der Waals surface area contributed by atoms with Gasteiger partial charge in [0, 0.05) is 4.88 Å². The predicted molar refractivity (Wildman–Crippen MR) is 86.4 cm³/mol. The first-order valence-corrected chi connectivity index (χ1v) is 9.90. The highest BCUT2D eigenvalue weighted by Crippen LogP contribution is 2.36. The molecule has 2 saturated heterocycles. The summed E-state index contributed by atoms with van der Waals surface area (Å²) in [6.45, 7) is 0. The molecule has 1 aromatic rings. The first-order valence-electron chi connectivity index (χ1n) is 5.97. The lowest BCUT2D eigenvalue weighted by Crippen LogP contribution is -2.39. The Morgan fingerprint density at radius 1 is 1.45 bits per heavy atom. The maximum absolute atomic E-state index is 12.4. The van der Waals surface area contributed by atoms with Gasteiger partial charge in [0.1, 0.15) is 4.32 Å². The summed E-state index contributed by atoms with van der Waals surface area (Å²) >= 11 is 8.03. The van der Waals surface area contributed by atoms with Gasteiger partial charge in [0.25, 0.3) is 5.91 Å². The third kappa shape index (κ3) is 2.69. The summed E-state index contributed by atoms with van der Waals surface area (Å²) in [4.78, 5) is 15.4. The van der Waals surface area contributed by atoms with Crippen molar-refractivity contribution in [1.29, 1.82) is 0 Å². The average Bonchev–Trinajstić information content (AvgIpc) is 3.03. The molecule has 0 unspecified atom stereocenters. The highest BCUT2D eigenvalue weighted by Gasteiger charge is 2.42. The van der Waals surface area contributed by atoms with Crippen molar-refractivity contribution in [2.24, 2.45) is 0 Å². The third-order valence-corrected chi connectivity index (χ3v) is 7.11. The molecule has 0 saturated carbocycles. The molecule has 0 aromatic carbocycles. The van der Waals surface area contributed by atoms with Crippen LogP contribution in [-0.4, -0.2) is 41.1 Å². The second-order valence-corrected chi connectivity index (χ2v) is 9.51. The zero-order valence-electron chi connectivity index (χ0n) is 10.3. The van der Waals surface area contributed by atoms with Crippen molar-refractivity contribution in [3.05, 3.63) is 27.3 Å². The van der Waals surface area contributed by atoms with Gasteiger partial charge in [-0.15, -0.1) is 11.3 Å². The number of amides is 1. The maximum atomic E-state index is 12.4. The predicted octanol–water partition coefficient (Wildman–Crippen LogP) is 2.14. The van der Waals surface area contributed by atoms with Crippen molar-refractivity contribution in [1.82, 2.24) is 4.90 Å². The van der Waals surface area contributed by atoms with Crippen LogP contribution < -0.4 is 0 Å². The Labute approximate surface area is 130 Å². The maximum Gasteiger partial charge on any atom is 0.266 e. The van der Waals surface area contributed by atoms with Gasteiger partial charge in [0.05, 0.1) is 22.5 Å². The van der Waals surface area contributed by atoms with E-state index in [2.05, 4.69) is 0 Å². The summed E-state index contributed by atoms with van der Waals surface area (Å²) in [6, 6.07) is 3.54. The van der Waals surface area contributed by atoms with Crippen LogP contribution in [0.1, 0.15) is 11.3 Å². The minimum absolute atomic E-state index is 0.0196. The number of thiophene rings is 1. The molecule has 0 spiro atoms. The van der Waals surface area contributed by atoms with E-state index in [1.165, 1.54) is 16.7 Å². The van der Waals surface area contributed by atoms with Crippen LogP contribution in [0.4, 0.5) is 0 Å². The van der Waals surface area contributed by atoms with Crippen LogP contribution in [0.25, 0.3) is 6.08 Å². The number of thioether (sulfide) groups is 1. The Morgan fingerprint density at radius 2 is 2.25 bits per heavy atom. The zero-order chi connectivity index (χ0) is 14.3. The number of rotatable bonds is 2. The first-order chi connectivity index (χ1) is 9.46. The summed E-state index contributed by atoms with van der Waals surface area (Å²) in [5.74, 6) is -0.0137. The molecule has 0 radical (unpaired) electrons. The molecule has 8 heteroatoms. The molecule has 2 aliphatic rings. The van der Waals surface area contributed by atoms with Crippen LogP contribution in [0, 0.1) is 0 Å². The molecular formula is C12H11NO3S4. The summed E-state index contributed by atoms with van der Waals surface area (Å²) in [7, 11) is -3.03. The van der Waals surface area contributed by atoms with E-state index in [4.69, 9.17) is 12.2 Å². The highest BCUT2D eigenvalue weighted by atomic mass is 32.2. The van der Waals surface area contributed by atoms with Gasteiger partial charge in [-0.25, -0.2) is 8.42 Å². The molecule has 0 N–H and O–H groups in total. The summed E-state index contributed by atoms with van der Waals surface area (Å²) in [5, 5.41) is 1.94. The molecule has 2 aliphatic heterocycles. The van der Waals surface area contributed by atoms with Gasteiger partial charge in [-0.05, 0) is 23.9 Å². The quantitative estimate of drug-likeness (QED) is 0.607. The highest BCUT2D eigenvalue weighted by molar-refractivity contribution is 8.26. The fourth-order valence-electron chi connectivity index (χ4n) is 2.28. The van der Waals surface area contributed by atoms with Crippen LogP contribution in [0.2, 0.25) is 0 Å². The number of thiocarbonyl (C=S) groups is 1. The van der Waals surface area contributed by atoms with Gasteiger partial charge in [0.15, 0.2) is 9.84 Å². The minimum Gasteiger partial charge on any atom is -0.289 e. The van der Waals surface area contributed by atoms with Gasteiger partial charge in [-0.1, -0.05) is 30.0 Å². The average molecular weight is 345 g/mol. The van der Waals surface area contributed by atoms with Crippen LogP contribution in [0.15, 0.2) is 22.4 Å². The van der Waals surface area contributed by atoms with Gasteiger partial charge in [-0.3, -0.25) is 9.69 Å². The van der Waals surface area contributed by atoms with E-state index in [0.717, 1.165) is 4.88 Å². The van der Waals surface area contributed by atoms with Gasteiger partial charge >= 0.3 is 0 Å². The van der Waals surface area contributed by atoms with E-state index in [1.54, 1.807) is 11.3 Å². The lowest BCUT2D eigenvalue weighted by molar-refractivity contribution is -0.123. The summed E-state index contributed by atoms with van der Waals surface area (Å²) in [6.07, 6.45) is 2.29. The molecule has 3 rings (SSSR count). The summed E-state index contributed by atoms with van der Waals surface area (Å²) < 4.78 is 23.6. The molecule has 2 fully saturated rings. The van der Waals surface area contributed by atoms with E-state index in [-0.39, 0.29) is 23.5 Å². The van der Waals surface area contributed by atoms with Crippen molar-refractivity contribution < 1.29 is 13.2 Å². The summed E-state index contributed by atoms with van der Waals surface area (Å²) in [5.41, 5.74) is 0. The van der Waals surface area contributed by atoms with Gasteiger partial charge < -0.3 is 0 Å². The zero-order valence-corrected chi connectivity index (χ0v) is 13.6. The smallest absolute Gasteiger partial charge is 0.266 e. The molecule has 1 atom stereocenters. The van der Waals surface area contributed by atoms with Crippen LogP contribution in [0.5, 0.6) is 0 Å². The third-order valence-electron chi connectivity index (χ3n) is 3.21. The van der Waals surface area contributed by atoms with Gasteiger partial charge in [0.2, 0.25) is 0 Å². The van der Waals surface area contributed by atoms with Gasteiger partial charge in [-0.2, -0.15) is 0 Å². The fourth-order valence-corrected chi connectivity index (χ4v) is 6.10. The number of sulfone groups is 1. The number of carbonyl (C=O) groups excluding carboxylic acids is 1. The second-order valence-electron chi connectivity index (χ2n) is 4.62. The van der Waals surface area contributed by atoms with E-state index < -0.39 is 9.84 Å². The Hall–Kier alpha value is -0.700. The number of nitrogens with zero attached hydrogens (tertiary/aromatic N) is 1. The number of hydrogen-bond donors (Lipinski definition) is 0. The Balaban J connectivity index is 1.85. The molecule has 20 heavy (non-hydrogen) atoms. The Kier molecular flexibility index (Phi) is 3.74. The lowest BCUT2D eigenvalue weighted by Gasteiger charge is -2.20. The molecule has 1 aromatic heterocycles. The molecule has 1 amide bonds. The molecule has 3 heterocycles. The second kappa shape index (κ2) is 5.25. The van der Waals surface area contributed by atoms with Crippen LogP contribution in [0.3, 0.4) is 0 Å². The molecule has 106 valence electrons. The van der Waals surface area contributed by atoms with Crippen LogP contribution in [-0.2, 0) is 14.6 Å². The van der Waals surface area contributed by atoms with E-state index >= 15 is 0 Å². The van der Waals surface area contributed by atoms with E-state index in [9.17, 15) is 13.2 Å². The van der Waals surface area contributed by atoms with Crippen molar-refractivity contribution >= 4 is 61.5 Å². The minimum atomic E-state index is -3.03.